The minimum Gasteiger partial charge on any atom is -0.508 e. The van der Waals surface area contributed by atoms with Gasteiger partial charge in [-0.25, -0.2) is 0 Å². The smallest absolute Gasteiger partial charge is 0.161 e. The van der Waals surface area contributed by atoms with Crippen LogP contribution in [0.15, 0.2) is 42.5 Å². The van der Waals surface area contributed by atoms with Gasteiger partial charge in [0.25, 0.3) is 0 Å². The van der Waals surface area contributed by atoms with Crippen LogP contribution in [0.2, 0.25) is 0 Å². The minimum absolute atomic E-state index is 0. The third-order valence-electron chi connectivity index (χ3n) is 3.02. The van der Waals surface area contributed by atoms with Crippen molar-refractivity contribution < 1.29 is 14.6 Å². The molecule has 1 radical (unpaired) electrons. The number of phenols is 1. The molecule has 107 valence electrons. The second-order valence-electron chi connectivity index (χ2n) is 4.33. The number of ether oxygens (including phenoxy) is 2. The van der Waals surface area contributed by atoms with Gasteiger partial charge in [0, 0.05) is 29.6 Å². The molecule has 0 fully saturated rings. The van der Waals surface area contributed by atoms with E-state index >= 15 is 0 Å². The summed E-state index contributed by atoms with van der Waals surface area (Å²) in [5.74, 6) is 1.38. The second-order valence-corrected chi connectivity index (χ2v) is 4.33. The summed E-state index contributed by atoms with van der Waals surface area (Å²) < 4.78 is 10.4. The number of hydrogen-bond donors (Lipinski definition) is 1. The molecule has 0 bridgehead atoms. The maximum atomic E-state index is 9.35. The van der Waals surface area contributed by atoms with Crippen LogP contribution in [0.1, 0.15) is 11.1 Å². The van der Waals surface area contributed by atoms with Gasteiger partial charge in [0.1, 0.15) is 5.75 Å². The molecule has 1 N–H and O–H groups in total. The van der Waals surface area contributed by atoms with Crippen molar-refractivity contribution in [3.8, 4) is 23.3 Å². The van der Waals surface area contributed by atoms with E-state index in [2.05, 4.69) is 6.07 Å². The summed E-state index contributed by atoms with van der Waals surface area (Å²) in [5.41, 5.74) is 2.07. The van der Waals surface area contributed by atoms with E-state index in [0.29, 0.717) is 17.1 Å². The number of methoxy groups -OCH3 is 2. The van der Waals surface area contributed by atoms with Crippen molar-refractivity contribution in [1.82, 2.24) is 0 Å². The van der Waals surface area contributed by atoms with E-state index in [0.717, 1.165) is 11.1 Å². The molecule has 5 heteroatoms. The predicted octanol–water partition coefficient (Wildman–Crippen LogP) is 3.09. The number of phenolic OH excluding ortho intramolecular Hbond substituents is 1. The van der Waals surface area contributed by atoms with Gasteiger partial charge in [-0.1, -0.05) is 12.1 Å². The van der Waals surface area contributed by atoms with Crippen LogP contribution in [0.5, 0.6) is 17.2 Å². The topological polar surface area (TPSA) is 62.5 Å². The summed E-state index contributed by atoms with van der Waals surface area (Å²) in [6.07, 6.45) is 1.75. The van der Waals surface area contributed by atoms with Crippen LogP contribution in [-0.2, 0) is 0 Å². The fraction of sp³-hybridized carbons (Fsp3) is 0.118. The number of nitrogens with zero attached hydrogens (tertiary/aromatic N) is 1. The van der Waals surface area contributed by atoms with Gasteiger partial charge < -0.3 is 14.6 Å². The molecule has 0 aliphatic heterocycles. The van der Waals surface area contributed by atoms with Gasteiger partial charge in [-0.2, -0.15) is 5.26 Å². The Morgan fingerprint density at radius 2 is 1.68 bits per heavy atom. The monoisotopic (exact) mass is 304 g/mol. The van der Waals surface area contributed by atoms with Gasteiger partial charge in [-0.15, -0.1) is 0 Å². The van der Waals surface area contributed by atoms with Crippen LogP contribution < -0.4 is 9.47 Å². The van der Waals surface area contributed by atoms with E-state index in [1.54, 1.807) is 62.8 Å². The van der Waals surface area contributed by atoms with Crippen molar-refractivity contribution >= 4 is 41.2 Å². The molecule has 0 saturated heterocycles. The van der Waals surface area contributed by atoms with Gasteiger partial charge >= 0.3 is 0 Å². The fourth-order valence-electron chi connectivity index (χ4n) is 1.92. The van der Waals surface area contributed by atoms with Crippen LogP contribution in [0, 0.1) is 11.3 Å². The van der Waals surface area contributed by atoms with Crippen molar-refractivity contribution in [2.24, 2.45) is 0 Å². The Hall–Kier alpha value is -1.93. The summed E-state index contributed by atoms with van der Waals surface area (Å²) in [5, 5.41) is 18.6. The summed E-state index contributed by atoms with van der Waals surface area (Å²) >= 11 is 0. The molecule has 2 aromatic rings. The fourth-order valence-corrected chi connectivity index (χ4v) is 1.92. The average Bonchev–Trinajstić information content (AvgIpc) is 2.53. The van der Waals surface area contributed by atoms with E-state index in [1.165, 1.54) is 0 Å². The molecular formula is C17H15NNaO3. The summed E-state index contributed by atoms with van der Waals surface area (Å²) in [7, 11) is 3.12. The zero-order valence-corrected chi connectivity index (χ0v) is 14.8. The molecule has 0 atom stereocenters. The molecule has 0 heterocycles. The Morgan fingerprint density at radius 3 is 2.23 bits per heavy atom. The number of rotatable bonds is 4. The first-order valence-electron chi connectivity index (χ1n) is 6.31. The zero-order chi connectivity index (χ0) is 15.2. The number of aromatic hydroxyl groups is 1. The van der Waals surface area contributed by atoms with E-state index in [4.69, 9.17) is 9.47 Å². The van der Waals surface area contributed by atoms with Crippen molar-refractivity contribution in [1.29, 1.82) is 5.26 Å². The summed E-state index contributed by atoms with van der Waals surface area (Å²) in [4.78, 5) is 0. The SMILES string of the molecule is COc1ccc(/C(C#N)=C/c2ccc(O)cc2)cc1OC.[Na]. The van der Waals surface area contributed by atoms with E-state index < -0.39 is 0 Å². The van der Waals surface area contributed by atoms with Crippen LogP contribution in [0.25, 0.3) is 11.6 Å². The predicted molar refractivity (Wildman–Crippen MR) is 86.9 cm³/mol. The molecular weight excluding hydrogens is 289 g/mol. The third-order valence-corrected chi connectivity index (χ3v) is 3.02. The van der Waals surface area contributed by atoms with Gasteiger partial charge in [-0.3, -0.25) is 0 Å². The molecule has 0 unspecified atom stereocenters. The van der Waals surface area contributed by atoms with E-state index in [9.17, 15) is 10.4 Å². The number of allylic oxidation sites excluding steroid dienone is 1. The number of nitriles is 1. The zero-order valence-electron chi connectivity index (χ0n) is 12.8. The van der Waals surface area contributed by atoms with Gasteiger partial charge in [-0.05, 0) is 47.5 Å². The molecule has 0 aliphatic carbocycles. The van der Waals surface area contributed by atoms with Crippen LogP contribution in [-0.4, -0.2) is 48.9 Å². The first-order valence-corrected chi connectivity index (χ1v) is 6.31. The van der Waals surface area contributed by atoms with Gasteiger partial charge in [0.05, 0.1) is 25.9 Å². The minimum atomic E-state index is 0. The molecule has 2 rings (SSSR count). The van der Waals surface area contributed by atoms with Crippen molar-refractivity contribution in [3.63, 3.8) is 0 Å². The Labute approximate surface area is 151 Å². The van der Waals surface area contributed by atoms with E-state index in [1.807, 2.05) is 0 Å². The van der Waals surface area contributed by atoms with Crippen molar-refractivity contribution in [3.05, 3.63) is 53.6 Å². The first-order chi connectivity index (χ1) is 10.2. The second kappa shape index (κ2) is 8.50. The Bertz CT molecular complexity index is 703. The maximum absolute atomic E-state index is 9.35. The number of hydrogen-bond acceptors (Lipinski definition) is 4. The molecule has 0 amide bonds. The van der Waals surface area contributed by atoms with Gasteiger partial charge in [0.2, 0.25) is 0 Å². The van der Waals surface area contributed by atoms with Crippen LogP contribution in [0.3, 0.4) is 0 Å². The third kappa shape index (κ3) is 4.28. The molecule has 22 heavy (non-hydrogen) atoms. The number of benzene rings is 2. The first kappa shape index (κ1) is 18.1. The summed E-state index contributed by atoms with van der Waals surface area (Å²) in [6, 6.07) is 14.1. The summed E-state index contributed by atoms with van der Waals surface area (Å²) in [6.45, 7) is 0. The maximum Gasteiger partial charge on any atom is 0.161 e. The van der Waals surface area contributed by atoms with E-state index in [-0.39, 0.29) is 35.3 Å². The normalized spacial score (nSPS) is 10.3. The van der Waals surface area contributed by atoms with Crippen molar-refractivity contribution in [2.45, 2.75) is 0 Å². The Balaban J connectivity index is 0.00000242. The molecule has 4 nitrogen and oxygen atoms in total. The molecule has 0 aliphatic rings. The molecule has 2 aromatic carbocycles. The van der Waals surface area contributed by atoms with Crippen LogP contribution in [0.4, 0.5) is 0 Å². The largest absolute Gasteiger partial charge is 0.508 e. The van der Waals surface area contributed by atoms with Crippen LogP contribution >= 0.6 is 0 Å². The molecule has 0 spiro atoms. The quantitative estimate of drug-likeness (QED) is 0.535. The molecule has 0 aromatic heterocycles. The van der Waals surface area contributed by atoms with Crippen molar-refractivity contribution in [2.75, 3.05) is 14.2 Å². The van der Waals surface area contributed by atoms with Gasteiger partial charge in [0.15, 0.2) is 11.5 Å². The Kier molecular flexibility index (Phi) is 7.00. The standard InChI is InChI=1S/C17H15NO3.Na/c1-20-16-8-5-13(10-17(16)21-2)14(11-18)9-12-3-6-15(19)7-4-12;/h3-10,19H,1-2H3;/b14-9+;. The Morgan fingerprint density at radius 1 is 1.05 bits per heavy atom. The molecule has 0 saturated carbocycles. The average molecular weight is 304 g/mol.